The first-order chi connectivity index (χ1) is 20.3. The molecular formula is C30H37ClN10O2. The third kappa shape index (κ3) is 7.33. The molecule has 2 amide bonds. The molecule has 12 nitrogen and oxygen atoms in total. The maximum absolute atomic E-state index is 14.1. The van der Waals surface area contributed by atoms with Crippen molar-refractivity contribution < 1.29 is 9.59 Å². The van der Waals surface area contributed by atoms with Gasteiger partial charge in [0.2, 0.25) is 17.8 Å². The van der Waals surface area contributed by atoms with Gasteiger partial charge in [-0.15, -0.1) is 17.5 Å². The van der Waals surface area contributed by atoms with Gasteiger partial charge in [0.1, 0.15) is 6.04 Å². The maximum Gasteiger partial charge on any atom is 0.240 e. The number of nitrogens with zero attached hydrogens (tertiary/aromatic N) is 7. The molecule has 2 heterocycles. The Labute approximate surface area is 256 Å². The number of amides is 2. The van der Waals surface area contributed by atoms with Crippen LogP contribution in [0.25, 0.3) is 22.5 Å². The molecule has 2 aromatic heterocycles. The van der Waals surface area contributed by atoms with E-state index >= 15 is 0 Å². The molecule has 5 rings (SSSR count). The first kappa shape index (κ1) is 31.5. The molecule has 1 aliphatic rings. The van der Waals surface area contributed by atoms with Crippen LogP contribution in [0, 0.1) is 11.8 Å². The normalized spacial score (nSPS) is 17.0. The van der Waals surface area contributed by atoms with E-state index in [-0.39, 0.29) is 30.7 Å². The number of benzene rings is 2. The fraction of sp³-hybridized carbons (Fsp3) is 0.367. The molecule has 0 radical (unpaired) electrons. The number of carbonyl (C=O) groups is 2. The van der Waals surface area contributed by atoms with Crippen molar-refractivity contribution in [3.63, 3.8) is 0 Å². The molecule has 4 aromatic rings. The second-order valence-corrected chi connectivity index (χ2v) is 10.9. The number of H-pyrrole nitrogens is 1. The largest absolute Gasteiger partial charge is 0.368 e. The summed E-state index contributed by atoms with van der Waals surface area (Å²) in [6, 6.07) is 14.1. The number of nitrogens with two attached hydrogens (primary N) is 2. The van der Waals surface area contributed by atoms with Crippen molar-refractivity contribution in [2.24, 2.45) is 23.3 Å². The smallest absolute Gasteiger partial charge is 0.240 e. The van der Waals surface area contributed by atoms with Crippen LogP contribution in [0.15, 0.2) is 60.9 Å². The summed E-state index contributed by atoms with van der Waals surface area (Å²) >= 11 is 0. The Hall–Kier alpha value is -4.42. The van der Waals surface area contributed by atoms with E-state index in [1.54, 1.807) is 29.4 Å². The molecule has 13 heteroatoms. The van der Waals surface area contributed by atoms with Gasteiger partial charge in [-0.1, -0.05) is 24.3 Å². The molecule has 0 aliphatic heterocycles. The fourth-order valence-corrected chi connectivity index (χ4v) is 5.49. The SMILES string of the molecule is CN(C)c1ncc(-c2cccc(C[C@@H](C(N)=O)N(c3ccc(-c4nnn[nH]4)cc3)C(=O)[C@H]3CC[C@H](CN)CC3)c2)cn1.Cl. The zero-order valence-corrected chi connectivity index (χ0v) is 25.1. The van der Waals surface area contributed by atoms with Crippen molar-refractivity contribution in [3.05, 3.63) is 66.5 Å². The number of halogens is 1. The molecule has 0 saturated heterocycles. The van der Waals surface area contributed by atoms with Gasteiger partial charge >= 0.3 is 0 Å². The molecule has 2 aromatic carbocycles. The second kappa shape index (κ2) is 14.2. The number of tetrazole rings is 1. The lowest BCUT2D eigenvalue weighted by Crippen LogP contribution is -2.52. The van der Waals surface area contributed by atoms with Crippen LogP contribution < -0.4 is 21.3 Å². The Kier molecular flexibility index (Phi) is 10.4. The average molecular weight is 605 g/mol. The Morgan fingerprint density at radius 2 is 1.67 bits per heavy atom. The number of anilines is 2. The maximum atomic E-state index is 14.1. The van der Waals surface area contributed by atoms with Gasteiger partial charge in [0.15, 0.2) is 5.82 Å². The summed E-state index contributed by atoms with van der Waals surface area (Å²) in [4.78, 5) is 39.5. The Morgan fingerprint density at radius 3 is 2.26 bits per heavy atom. The summed E-state index contributed by atoms with van der Waals surface area (Å²) in [6.45, 7) is 0.617. The number of nitrogens with one attached hydrogen (secondary N) is 1. The predicted molar refractivity (Wildman–Crippen MR) is 167 cm³/mol. The molecule has 1 aliphatic carbocycles. The third-order valence-corrected chi connectivity index (χ3v) is 7.90. The van der Waals surface area contributed by atoms with Gasteiger partial charge in [-0.2, -0.15) is 0 Å². The molecule has 1 saturated carbocycles. The van der Waals surface area contributed by atoms with E-state index in [1.165, 1.54) is 0 Å². The summed E-state index contributed by atoms with van der Waals surface area (Å²) < 4.78 is 0. The van der Waals surface area contributed by atoms with Crippen LogP contribution in [-0.2, 0) is 16.0 Å². The highest BCUT2D eigenvalue weighted by Gasteiger charge is 2.36. The first-order valence-corrected chi connectivity index (χ1v) is 14.1. The van der Waals surface area contributed by atoms with Crippen LogP contribution in [0.4, 0.5) is 11.6 Å². The van der Waals surface area contributed by atoms with Crippen LogP contribution >= 0.6 is 12.4 Å². The summed E-state index contributed by atoms with van der Waals surface area (Å²) in [5, 5.41) is 14.0. The van der Waals surface area contributed by atoms with E-state index in [9.17, 15) is 9.59 Å². The lowest BCUT2D eigenvalue weighted by molar-refractivity contribution is -0.127. The standard InChI is InChI=1S/C30H36N10O2.ClH/c1-39(2)30-33-17-24(18-34-30)23-5-3-4-20(14-23)15-26(27(32)41)40(29(42)22-8-6-19(16-31)7-9-22)25-12-10-21(11-13-25)28-35-37-38-36-28;/h3-5,10-14,17-19,22,26H,6-9,15-16,31H2,1-2H3,(H2,32,41)(H,35,36,37,38);1H/t19-,22-,26-;/m0./s1. The highest BCUT2D eigenvalue weighted by Crippen LogP contribution is 2.33. The number of carbonyl (C=O) groups excluding carboxylic acids is 2. The van der Waals surface area contributed by atoms with Crippen LogP contribution in [0.5, 0.6) is 0 Å². The van der Waals surface area contributed by atoms with E-state index in [0.717, 1.165) is 47.9 Å². The highest BCUT2D eigenvalue weighted by atomic mass is 35.5. The van der Waals surface area contributed by atoms with Gasteiger partial charge in [-0.05, 0) is 84.0 Å². The van der Waals surface area contributed by atoms with Crippen LogP contribution in [0.3, 0.4) is 0 Å². The van der Waals surface area contributed by atoms with Crippen molar-refractivity contribution in [2.45, 2.75) is 38.1 Å². The van der Waals surface area contributed by atoms with Crippen LogP contribution in [-0.4, -0.2) is 69.1 Å². The van der Waals surface area contributed by atoms with Gasteiger partial charge in [-0.3, -0.25) is 14.5 Å². The zero-order chi connectivity index (χ0) is 29.6. The van der Waals surface area contributed by atoms with Crippen molar-refractivity contribution in [1.29, 1.82) is 0 Å². The zero-order valence-electron chi connectivity index (χ0n) is 24.3. The summed E-state index contributed by atoms with van der Waals surface area (Å²) in [7, 11) is 3.77. The number of primary amides is 1. The molecule has 1 fully saturated rings. The number of hydrogen-bond acceptors (Lipinski definition) is 9. The van der Waals surface area contributed by atoms with Gasteiger partial charge in [0.25, 0.3) is 0 Å². The van der Waals surface area contributed by atoms with E-state index < -0.39 is 11.9 Å². The van der Waals surface area contributed by atoms with Crippen molar-refractivity contribution >= 4 is 35.9 Å². The summed E-state index contributed by atoms with van der Waals surface area (Å²) in [5.74, 6) is 0.641. The molecule has 0 spiro atoms. The minimum Gasteiger partial charge on any atom is -0.368 e. The Morgan fingerprint density at radius 1 is 0.977 bits per heavy atom. The molecule has 226 valence electrons. The average Bonchev–Trinajstić information content (AvgIpc) is 3.56. The van der Waals surface area contributed by atoms with Crippen molar-refractivity contribution in [2.75, 3.05) is 30.4 Å². The fourth-order valence-electron chi connectivity index (χ4n) is 5.49. The molecular weight excluding hydrogens is 568 g/mol. The minimum atomic E-state index is -0.898. The van der Waals surface area contributed by atoms with E-state index in [1.807, 2.05) is 55.4 Å². The lowest BCUT2D eigenvalue weighted by Gasteiger charge is -2.35. The van der Waals surface area contributed by atoms with Crippen molar-refractivity contribution in [1.82, 2.24) is 30.6 Å². The minimum absolute atomic E-state index is 0. The molecule has 43 heavy (non-hydrogen) atoms. The third-order valence-electron chi connectivity index (χ3n) is 7.90. The second-order valence-electron chi connectivity index (χ2n) is 10.9. The van der Waals surface area contributed by atoms with Crippen molar-refractivity contribution in [3.8, 4) is 22.5 Å². The molecule has 0 unspecified atom stereocenters. The van der Waals surface area contributed by atoms with Gasteiger partial charge in [0.05, 0.1) is 0 Å². The van der Waals surface area contributed by atoms with Gasteiger partial charge in [0, 0.05) is 55.6 Å². The van der Waals surface area contributed by atoms with Gasteiger partial charge < -0.3 is 16.4 Å². The Balaban J connectivity index is 0.00000423. The summed E-state index contributed by atoms with van der Waals surface area (Å²) in [5.41, 5.74) is 15.9. The predicted octanol–water partition coefficient (Wildman–Crippen LogP) is 3.01. The Bertz CT molecular complexity index is 1490. The van der Waals surface area contributed by atoms with Crippen LogP contribution in [0.1, 0.15) is 31.2 Å². The van der Waals surface area contributed by atoms with Gasteiger partial charge in [-0.25, -0.2) is 15.1 Å². The highest BCUT2D eigenvalue weighted by molar-refractivity contribution is 6.01. The lowest BCUT2D eigenvalue weighted by atomic mass is 9.81. The molecule has 5 N–H and O–H groups in total. The number of hydrogen-bond donors (Lipinski definition) is 3. The van der Waals surface area contributed by atoms with E-state index in [2.05, 4.69) is 30.6 Å². The number of rotatable bonds is 10. The van der Waals surface area contributed by atoms with E-state index in [0.29, 0.717) is 29.9 Å². The molecule has 0 bridgehead atoms. The summed E-state index contributed by atoms with van der Waals surface area (Å²) in [6.07, 6.45) is 7.01. The molecule has 1 atom stereocenters. The number of aromatic amines is 1. The van der Waals surface area contributed by atoms with E-state index in [4.69, 9.17) is 11.5 Å². The number of aromatic nitrogens is 6. The topological polar surface area (TPSA) is 173 Å². The first-order valence-electron chi connectivity index (χ1n) is 14.1. The van der Waals surface area contributed by atoms with Crippen LogP contribution in [0.2, 0.25) is 0 Å². The monoisotopic (exact) mass is 604 g/mol. The quantitative estimate of drug-likeness (QED) is 0.246.